The summed E-state index contributed by atoms with van der Waals surface area (Å²) < 4.78 is 2.64. The van der Waals surface area contributed by atoms with E-state index in [0.29, 0.717) is 5.69 Å². The quantitative estimate of drug-likeness (QED) is 0.721. The molecule has 1 amide bonds. The zero-order valence-corrected chi connectivity index (χ0v) is 14.3. The van der Waals surface area contributed by atoms with Crippen LogP contribution in [0.15, 0.2) is 59.4 Å². The van der Waals surface area contributed by atoms with Crippen molar-refractivity contribution in [2.75, 3.05) is 5.32 Å². The molecule has 0 atom stereocenters. The molecule has 0 saturated carbocycles. The van der Waals surface area contributed by atoms with Crippen LogP contribution in [-0.4, -0.2) is 10.5 Å². The Morgan fingerprint density at radius 2 is 1.92 bits per heavy atom. The van der Waals surface area contributed by atoms with Gasteiger partial charge in [-0.15, -0.1) is 0 Å². The highest BCUT2D eigenvalue weighted by Gasteiger charge is 2.11. The summed E-state index contributed by atoms with van der Waals surface area (Å²) in [7, 11) is 0. The van der Waals surface area contributed by atoms with Gasteiger partial charge in [-0.2, -0.15) is 0 Å². The third-order valence-corrected chi connectivity index (χ3v) is 4.54. The van der Waals surface area contributed by atoms with E-state index in [0.717, 1.165) is 15.8 Å². The van der Waals surface area contributed by atoms with Crippen LogP contribution in [0.25, 0.3) is 16.3 Å². The smallest absolute Gasteiger partial charge is 0.308 e. The zero-order chi connectivity index (χ0) is 17.1. The van der Waals surface area contributed by atoms with Crippen molar-refractivity contribution in [3.05, 3.63) is 69.8 Å². The lowest BCUT2D eigenvalue weighted by Gasteiger charge is -2.08. The fourth-order valence-electron chi connectivity index (χ4n) is 2.52. The first-order valence-corrected chi connectivity index (χ1v) is 8.55. The summed E-state index contributed by atoms with van der Waals surface area (Å²) in [6, 6.07) is 15.3. The molecule has 4 nitrogen and oxygen atoms in total. The minimum absolute atomic E-state index is 0.0208. The van der Waals surface area contributed by atoms with Crippen LogP contribution in [0.4, 0.5) is 5.69 Å². The van der Waals surface area contributed by atoms with Crippen molar-refractivity contribution < 1.29 is 4.79 Å². The van der Waals surface area contributed by atoms with E-state index in [2.05, 4.69) is 5.32 Å². The number of amides is 1. The van der Waals surface area contributed by atoms with Gasteiger partial charge in [-0.3, -0.25) is 14.2 Å². The molecule has 0 unspecified atom stereocenters. The van der Waals surface area contributed by atoms with Crippen molar-refractivity contribution in [2.45, 2.75) is 19.9 Å². The van der Waals surface area contributed by atoms with Gasteiger partial charge in [0.15, 0.2) is 0 Å². The van der Waals surface area contributed by atoms with Gasteiger partial charge in [0.25, 0.3) is 0 Å². The molecule has 0 bridgehead atoms. The van der Waals surface area contributed by atoms with Gasteiger partial charge in [0, 0.05) is 17.8 Å². The molecule has 0 saturated heterocycles. The number of thiazole rings is 1. The first kappa shape index (κ1) is 16.2. The third-order valence-electron chi connectivity index (χ3n) is 3.62. The molecular formula is C19H18N2O2S. The van der Waals surface area contributed by atoms with Crippen molar-refractivity contribution in [1.82, 2.24) is 4.57 Å². The lowest BCUT2D eigenvalue weighted by Crippen LogP contribution is -2.14. The molecule has 0 aliphatic carbocycles. The number of fused-ring (bicyclic) bond motifs is 1. The first-order valence-electron chi connectivity index (χ1n) is 7.74. The summed E-state index contributed by atoms with van der Waals surface area (Å²) in [5, 5.41) is 2.83. The van der Waals surface area contributed by atoms with Crippen molar-refractivity contribution >= 4 is 39.2 Å². The van der Waals surface area contributed by atoms with Gasteiger partial charge < -0.3 is 5.32 Å². The lowest BCUT2D eigenvalue weighted by molar-refractivity contribution is -0.111. The van der Waals surface area contributed by atoms with Crippen molar-refractivity contribution in [3.8, 4) is 0 Å². The SMILES string of the molecule is CC(C)n1c(=O)sc2cc(NC(=O)/C=C/c3ccccc3)ccc21. The molecule has 3 aromatic rings. The van der Waals surface area contributed by atoms with Crippen LogP contribution in [0.5, 0.6) is 0 Å². The van der Waals surface area contributed by atoms with Gasteiger partial charge in [-0.25, -0.2) is 0 Å². The molecule has 0 radical (unpaired) electrons. The number of benzene rings is 2. The number of carbonyl (C=O) groups excluding carboxylic acids is 1. The highest BCUT2D eigenvalue weighted by Crippen LogP contribution is 2.24. The van der Waals surface area contributed by atoms with Crippen LogP contribution in [0, 0.1) is 0 Å². The number of hydrogen-bond donors (Lipinski definition) is 1. The zero-order valence-electron chi connectivity index (χ0n) is 13.5. The Hall–Kier alpha value is -2.66. The largest absolute Gasteiger partial charge is 0.322 e. The van der Waals surface area contributed by atoms with Gasteiger partial charge in [-0.05, 0) is 43.7 Å². The maximum Gasteiger partial charge on any atom is 0.308 e. The molecule has 0 aliphatic heterocycles. The van der Waals surface area contributed by atoms with Gasteiger partial charge >= 0.3 is 4.87 Å². The maximum atomic E-state index is 12.1. The minimum atomic E-state index is -0.200. The van der Waals surface area contributed by atoms with E-state index in [1.54, 1.807) is 10.6 Å². The summed E-state index contributed by atoms with van der Waals surface area (Å²) in [4.78, 5) is 24.1. The predicted octanol–water partition coefficient (Wildman–Crippen LogP) is 4.30. The topological polar surface area (TPSA) is 51.1 Å². The van der Waals surface area contributed by atoms with Crippen LogP contribution < -0.4 is 10.2 Å². The summed E-state index contributed by atoms with van der Waals surface area (Å²) >= 11 is 1.20. The number of aromatic nitrogens is 1. The van der Waals surface area contributed by atoms with E-state index >= 15 is 0 Å². The highest BCUT2D eigenvalue weighted by atomic mass is 32.1. The summed E-state index contributed by atoms with van der Waals surface area (Å²) in [6.07, 6.45) is 3.27. The summed E-state index contributed by atoms with van der Waals surface area (Å²) in [5.41, 5.74) is 2.55. The summed E-state index contributed by atoms with van der Waals surface area (Å²) in [5.74, 6) is -0.200. The maximum absolute atomic E-state index is 12.1. The monoisotopic (exact) mass is 338 g/mol. The standard InChI is InChI=1S/C19H18N2O2S/c1-13(2)21-16-10-9-15(12-17(16)24-19(21)23)20-18(22)11-8-14-6-4-3-5-7-14/h3-13H,1-2H3,(H,20,22)/b11-8+. The van der Waals surface area contributed by atoms with E-state index in [1.165, 1.54) is 17.4 Å². The molecule has 5 heteroatoms. The predicted molar refractivity (Wildman–Crippen MR) is 101 cm³/mol. The van der Waals surface area contributed by atoms with Gasteiger partial charge in [0.2, 0.25) is 5.91 Å². The van der Waals surface area contributed by atoms with E-state index in [4.69, 9.17) is 0 Å². The Bertz CT molecular complexity index is 952. The number of nitrogens with one attached hydrogen (secondary N) is 1. The Morgan fingerprint density at radius 1 is 1.17 bits per heavy atom. The molecule has 0 fully saturated rings. The number of carbonyl (C=O) groups is 1. The van der Waals surface area contributed by atoms with Crippen molar-refractivity contribution in [1.29, 1.82) is 0 Å². The third kappa shape index (κ3) is 3.46. The van der Waals surface area contributed by atoms with E-state index in [9.17, 15) is 9.59 Å². The van der Waals surface area contributed by atoms with Gasteiger partial charge in [0.1, 0.15) is 0 Å². The number of hydrogen-bond acceptors (Lipinski definition) is 3. The Balaban J connectivity index is 1.79. The second-order valence-electron chi connectivity index (χ2n) is 5.75. The van der Waals surface area contributed by atoms with Crippen LogP contribution in [-0.2, 0) is 4.79 Å². The van der Waals surface area contributed by atoms with Crippen molar-refractivity contribution in [2.24, 2.45) is 0 Å². The number of rotatable bonds is 4. The normalized spacial score (nSPS) is 11.5. The molecule has 2 aromatic carbocycles. The molecule has 0 spiro atoms. The molecule has 1 N–H and O–H groups in total. The molecule has 24 heavy (non-hydrogen) atoms. The second kappa shape index (κ2) is 6.84. The van der Waals surface area contributed by atoms with Crippen molar-refractivity contribution in [3.63, 3.8) is 0 Å². The van der Waals surface area contributed by atoms with Crippen LogP contribution >= 0.6 is 11.3 Å². The fourth-order valence-corrected chi connectivity index (χ4v) is 3.58. The number of nitrogens with zero attached hydrogens (tertiary/aromatic N) is 1. The van der Waals surface area contributed by atoms with Crippen LogP contribution in [0.1, 0.15) is 25.5 Å². The molecular weight excluding hydrogens is 320 g/mol. The van der Waals surface area contributed by atoms with Crippen LogP contribution in [0.2, 0.25) is 0 Å². The molecule has 122 valence electrons. The molecule has 1 heterocycles. The van der Waals surface area contributed by atoms with E-state index in [-0.39, 0.29) is 16.8 Å². The Morgan fingerprint density at radius 3 is 2.62 bits per heavy atom. The minimum Gasteiger partial charge on any atom is -0.322 e. The molecule has 1 aromatic heterocycles. The average Bonchev–Trinajstić information content (AvgIpc) is 2.89. The Labute approximate surface area is 144 Å². The molecule has 3 rings (SSSR count). The molecule has 0 aliphatic rings. The van der Waals surface area contributed by atoms with Gasteiger partial charge in [-0.1, -0.05) is 41.7 Å². The van der Waals surface area contributed by atoms with E-state index in [1.807, 2.05) is 62.4 Å². The fraction of sp³-hybridized carbons (Fsp3) is 0.158. The van der Waals surface area contributed by atoms with Gasteiger partial charge in [0.05, 0.1) is 10.2 Å². The highest BCUT2D eigenvalue weighted by molar-refractivity contribution is 7.16. The second-order valence-corrected chi connectivity index (χ2v) is 6.74. The lowest BCUT2D eigenvalue weighted by atomic mass is 10.2. The average molecular weight is 338 g/mol. The van der Waals surface area contributed by atoms with Crippen LogP contribution in [0.3, 0.4) is 0 Å². The number of anilines is 1. The summed E-state index contributed by atoms with van der Waals surface area (Å²) in [6.45, 7) is 3.97. The Kier molecular flexibility index (Phi) is 4.62. The van der Waals surface area contributed by atoms with E-state index < -0.39 is 0 Å². The first-order chi connectivity index (χ1) is 11.5.